The molecule has 0 radical (unpaired) electrons. The highest BCUT2D eigenvalue weighted by Gasteiger charge is 2.76. The molecule has 0 unspecified atom stereocenters. The molecule has 4 rings (SSSR count). The minimum atomic E-state index is 0.0602. The van der Waals surface area contributed by atoms with Crippen molar-refractivity contribution >= 4 is 0 Å². The fourth-order valence-electron chi connectivity index (χ4n) is 7.68. The van der Waals surface area contributed by atoms with Crippen molar-refractivity contribution in [2.24, 2.45) is 17.8 Å². The lowest BCUT2D eigenvalue weighted by molar-refractivity contribution is -0.967. The van der Waals surface area contributed by atoms with E-state index in [0.29, 0.717) is 5.54 Å². The molecule has 3 fully saturated rings. The maximum Gasteiger partial charge on any atom is 0.123 e. The lowest BCUT2D eigenvalue weighted by Crippen LogP contribution is -2.57. The highest BCUT2D eigenvalue weighted by molar-refractivity contribution is 5.18. The predicted molar refractivity (Wildman–Crippen MR) is 112 cm³/mol. The van der Waals surface area contributed by atoms with Gasteiger partial charge in [-0.05, 0) is 33.1 Å². The Morgan fingerprint density at radius 3 is 2.59 bits per heavy atom. The number of rotatable bonds is 8. The third-order valence-corrected chi connectivity index (χ3v) is 8.68. The molecule has 1 aliphatic carbocycles. The van der Waals surface area contributed by atoms with Gasteiger partial charge in [0.2, 0.25) is 0 Å². The number of nitrogens with zero attached hydrogens (tertiary/aromatic N) is 1. The topological polar surface area (TPSA) is 9.23 Å². The Labute approximate surface area is 166 Å². The van der Waals surface area contributed by atoms with E-state index in [0.717, 1.165) is 24.4 Å². The Bertz CT molecular complexity index is 645. The van der Waals surface area contributed by atoms with Gasteiger partial charge in [0, 0.05) is 29.9 Å². The van der Waals surface area contributed by atoms with Gasteiger partial charge in [-0.1, -0.05) is 63.4 Å². The Hall–Kier alpha value is -0.860. The molecule has 1 aromatic carbocycles. The zero-order valence-electron chi connectivity index (χ0n) is 18.0. The van der Waals surface area contributed by atoms with Crippen LogP contribution in [0.3, 0.4) is 0 Å². The first kappa shape index (κ1) is 19.5. The first-order chi connectivity index (χ1) is 13.0. The van der Waals surface area contributed by atoms with Crippen LogP contribution in [0.25, 0.3) is 0 Å². The molecule has 2 heterocycles. The molecule has 3 aliphatic rings. The van der Waals surface area contributed by atoms with Crippen LogP contribution < -0.4 is 0 Å². The van der Waals surface area contributed by atoms with Crippen molar-refractivity contribution in [2.45, 2.75) is 83.9 Å². The molecular formula is C25H40NO+. The van der Waals surface area contributed by atoms with E-state index in [1.54, 1.807) is 0 Å². The molecule has 2 aliphatic heterocycles. The first-order valence-electron chi connectivity index (χ1n) is 11.5. The molecule has 2 saturated heterocycles. The van der Waals surface area contributed by atoms with E-state index >= 15 is 0 Å². The van der Waals surface area contributed by atoms with Crippen LogP contribution in [0.2, 0.25) is 0 Å². The van der Waals surface area contributed by atoms with E-state index in [9.17, 15) is 0 Å². The predicted octanol–water partition coefficient (Wildman–Crippen LogP) is 5.81. The smallest absolute Gasteiger partial charge is 0.123 e. The van der Waals surface area contributed by atoms with Gasteiger partial charge in [0.15, 0.2) is 0 Å². The summed E-state index contributed by atoms with van der Waals surface area (Å²) in [5, 5.41) is 0. The average Bonchev–Trinajstić information content (AvgIpc) is 3.16. The van der Waals surface area contributed by atoms with Crippen LogP contribution in [0.1, 0.15) is 71.8 Å². The van der Waals surface area contributed by atoms with Crippen molar-refractivity contribution in [3.63, 3.8) is 0 Å². The molecule has 0 bridgehead atoms. The van der Waals surface area contributed by atoms with E-state index in [4.69, 9.17) is 4.74 Å². The fourth-order valence-corrected chi connectivity index (χ4v) is 7.68. The molecule has 2 nitrogen and oxygen atoms in total. The van der Waals surface area contributed by atoms with Crippen LogP contribution in [0, 0.1) is 17.8 Å². The van der Waals surface area contributed by atoms with Gasteiger partial charge in [-0.25, -0.2) is 0 Å². The van der Waals surface area contributed by atoms with Crippen molar-refractivity contribution < 1.29 is 9.22 Å². The van der Waals surface area contributed by atoms with Gasteiger partial charge >= 0.3 is 0 Å². The SMILES string of the molecule is CCCCCCO[C@]1(C)C[N@+]2(Cc3ccccc3)C[C@@H](C)[C@@H]3CC[C@H]1[C@@]32C. The van der Waals surface area contributed by atoms with Crippen LogP contribution in [-0.4, -0.2) is 35.3 Å². The zero-order valence-corrected chi connectivity index (χ0v) is 18.0. The normalized spacial score (nSPS) is 42.6. The summed E-state index contributed by atoms with van der Waals surface area (Å²) in [5.74, 6) is 2.43. The monoisotopic (exact) mass is 370 g/mol. The molecule has 27 heavy (non-hydrogen) atoms. The highest BCUT2D eigenvalue weighted by atomic mass is 16.5. The summed E-state index contributed by atoms with van der Waals surface area (Å²) in [6.07, 6.45) is 7.96. The van der Waals surface area contributed by atoms with Crippen LogP contribution >= 0.6 is 0 Å². The second-order valence-corrected chi connectivity index (χ2v) is 10.3. The van der Waals surface area contributed by atoms with Gasteiger partial charge in [-0.2, -0.15) is 0 Å². The number of hydrogen-bond acceptors (Lipinski definition) is 1. The number of quaternary nitrogens is 1. The molecule has 150 valence electrons. The molecule has 0 spiro atoms. The second-order valence-electron chi connectivity index (χ2n) is 10.3. The van der Waals surface area contributed by atoms with Crippen molar-refractivity contribution in [3.8, 4) is 0 Å². The summed E-state index contributed by atoms with van der Waals surface area (Å²) in [6, 6.07) is 11.2. The van der Waals surface area contributed by atoms with Gasteiger partial charge in [-0.3, -0.25) is 0 Å². The van der Waals surface area contributed by atoms with E-state index in [2.05, 4.69) is 58.0 Å². The summed E-state index contributed by atoms with van der Waals surface area (Å²) in [5.41, 5.74) is 1.96. The maximum absolute atomic E-state index is 6.75. The highest BCUT2D eigenvalue weighted by Crippen LogP contribution is 2.65. The summed E-state index contributed by atoms with van der Waals surface area (Å²) < 4.78 is 8.01. The number of unbranched alkanes of at least 4 members (excludes halogenated alkanes) is 3. The van der Waals surface area contributed by atoms with Gasteiger partial charge in [0.25, 0.3) is 0 Å². The molecule has 0 N–H and O–H groups in total. The minimum absolute atomic E-state index is 0.0602. The summed E-state index contributed by atoms with van der Waals surface area (Å²) >= 11 is 0. The zero-order chi connectivity index (χ0) is 19.1. The Morgan fingerprint density at radius 1 is 1.07 bits per heavy atom. The molecule has 1 aromatic rings. The molecule has 6 atom stereocenters. The molecule has 0 amide bonds. The number of ether oxygens (including phenoxy) is 1. The number of benzene rings is 1. The van der Waals surface area contributed by atoms with Gasteiger partial charge < -0.3 is 9.22 Å². The van der Waals surface area contributed by atoms with Crippen molar-refractivity contribution in [3.05, 3.63) is 35.9 Å². The average molecular weight is 371 g/mol. The third kappa shape index (κ3) is 2.99. The Balaban J connectivity index is 1.58. The van der Waals surface area contributed by atoms with E-state index in [1.165, 1.54) is 68.2 Å². The first-order valence-corrected chi connectivity index (χ1v) is 11.5. The van der Waals surface area contributed by atoms with E-state index < -0.39 is 0 Å². The molecule has 0 aromatic heterocycles. The number of hydrogen-bond donors (Lipinski definition) is 0. The molecular weight excluding hydrogens is 330 g/mol. The van der Waals surface area contributed by atoms with E-state index in [-0.39, 0.29) is 5.60 Å². The van der Waals surface area contributed by atoms with Gasteiger partial charge in [0.05, 0.1) is 6.54 Å². The Morgan fingerprint density at radius 2 is 1.85 bits per heavy atom. The third-order valence-electron chi connectivity index (χ3n) is 8.68. The molecule has 1 saturated carbocycles. The summed E-state index contributed by atoms with van der Waals surface area (Å²) in [6.45, 7) is 14.6. The lowest BCUT2D eigenvalue weighted by atomic mass is 9.76. The molecule has 2 heteroatoms. The Kier molecular flexibility index (Phi) is 5.18. The van der Waals surface area contributed by atoms with Crippen molar-refractivity contribution in [1.82, 2.24) is 0 Å². The van der Waals surface area contributed by atoms with Gasteiger partial charge in [0.1, 0.15) is 24.2 Å². The quantitative estimate of drug-likeness (QED) is 0.414. The van der Waals surface area contributed by atoms with Crippen LogP contribution in [0.15, 0.2) is 30.3 Å². The van der Waals surface area contributed by atoms with E-state index in [1.807, 2.05) is 0 Å². The minimum Gasteiger partial charge on any atom is -0.369 e. The summed E-state index contributed by atoms with van der Waals surface area (Å²) in [4.78, 5) is 0. The largest absolute Gasteiger partial charge is 0.369 e. The van der Waals surface area contributed by atoms with Crippen molar-refractivity contribution in [1.29, 1.82) is 0 Å². The van der Waals surface area contributed by atoms with Gasteiger partial charge in [-0.15, -0.1) is 0 Å². The fraction of sp³-hybridized carbons (Fsp3) is 0.760. The van der Waals surface area contributed by atoms with Crippen molar-refractivity contribution in [2.75, 3.05) is 19.7 Å². The standard InChI is InChI=1S/C25H40NO/c1-5-6-7-11-16-27-24(3)19-26(18-21-12-9-8-10-13-21)17-20(2)22-14-15-23(24)25(22,26)4/h8-10,12-13,20,22-23H,5-7,11,14-19H2,1-4H3/q+1/t20-,22+,23-,24-,25-,26-/m1/s1. The lowest BCUT2D eigenvalue weighted by Gasteiger charge is -2.43. The van der Waals surface area contributed by atoms with Crippen LogP contribution in [-0.2, 0) is 11.3 Å². The van der Waals surface area contributed by atoms with Crippen LogP contribution in [0.5, 0.6) is 0 Å². The second kappa shape index (κ2) is 7.19. The maximum atomic E-state index is 6.75. The summed E-state index contributed by atoms with van der Waals surface area (Å²) in [7, 11) is 0. The van der Waals surface area contributed by atoms with Crippen LogP contribution in [0.4, 0.5) is 0 Å².